The van der Waals surface area contributed by atoms with Gasteiger partial charge in [-0.15, -0.1) is 0 Å². The van der Waals surface area contributed by atoms with Crippen LogP contribution in [0.25, 0.3) is 0 Å². The lowest BCUT2D eigenvalue weighted by Crippen LogP contribution is -2.41. The van der Waals surface area contributed by atoms with Crippen LogP contribution in [-0.2, 0) is 0 Å². The molecule has 0 atom stereocenters. The van der Waals surface area contributed by atoms with Crippen molar-refractivity contribution in [3.63, 3.8) is 0 Å². The maximum absolute atomic E-state index is 2.48. The van der Waals surface area contributed by atoms with Crippen molar-refractivity contribution in [1.29, 1.82) is 0 Å². The number of nitrogens with zero attached hydrogens (tertiary/aromatic N) is 2. The minimum atomic E-state index is 1.24. The first kappa shape index (κ1) is 47.9. The van der Waals surface area contributed by atoms with E-state index in [1.54, 1.807) is 0 Å². The van der Waals surface area contributed by atoms with Crippen LogP contribution in [-0.4, -0.2) is 63.3 Å². The lowest BCUT2D eigenvalue weighted by molar-refractivity contribution is -0.891. The Labute approximate surface area is 307 Å². The molecule has 0 aliphatic heterocycles. The third-order valence-electron chi connectivity index (χ3n) is 11.5. The number of hydrogen-bond acceptors (Lipinski definition) is 0. The molecule has 0 fully saturated rings. The highest BCUT2D eigenvalue weighted by molar-refractivity contribution is 4.53. The zero-order valence-electron chi connectivity index (χ0n) is 35.2. The van der Waals surface area contributed by atoms with Gasteiger partial charge in [-0.1, -0.05) is 194 Å². The second-order valence-electron chi connectivity index (χ2n) is 17.8. The number of hydrogen-bond donors (Lipinski definition) is 0. The predicted molar refractivity (Wildman–Crippen MR) is 221 cm³/mol. The van der Waals surface area contributed by atoms with Crippen LogP contribution in [0.5, 0.6) is 0 Å². The molecule has 0 radical (unpaired) electrons. The smallest absolute Gasteiger partial charge is 0.0782 e. The Morgan fingerprint density at radius 3 is 0.458 bits per heavy atom. The van der Waals surface area contributed by atoms with E-state index in [0.717, 1.165) is 0 Å². The summed E-state index contributed by atoms with van der Waals surface area (Å²) >= 11 is 0. The molecule has 0 aromatic carbocycles. The van der Waals surface area contributed by atoms with Crippen LogP contribution in [0.1, 0.15) is 245 Å². The summed E-state index contributed by atoms with van der Waals surface area (Å²) in [7, 11) is 9.90. The Hall–Kier alpha value is -0.0800. The highest BCUT2D eigenvalue weighted by Gasteiger charge is 2.16. The van der Waals surface area contributed by atoms with Gasteiger partial charge in [0.25, 0.3) is 0 Å². The van der Waals surface area contributed by atoms with Crippen LogP contribution >= 0.6 is 0 Å². The van der Waals surface area contributed by atoms with Gasteiger partial charge in [-0.05, 0) is 51.4 Å². The van der Waals surface area contributed by atoms with Crippen LogP contribution in [0, 0.1) is 0 Å². The van der Waals surface area contributed by atoms with E-state index in [0.29, 0.717) is 0 Å². The second-order valence-corrected chi connectivity index (χ2v) is 17.8. The summed E-state index contributed by atoms with van der Waals surface area (Å²) in [6.07, 6.45) is 52.5. The SMILES string of the molecule is CCCCCCCCCCCCCCCCCC[N+](C)(C)CCCCCC[N+](C)(C)CCCCCCCCCCCCCCCCCC. The van der Waals surface area contributed by atoms with Crippen molar-refractivity contribution in [1.82, 2.24) is 0 Å². The number of quaternary nitrogens is 2. The zero-order chi connectivity index (χ0) is 35.3. The van der Waals surface area contributed by atoms with Crippen LogP contribution in [0.3, 0.4) is 0 Å². The van der Waals surface area contributed by atoms with E-state index in [1.165, 1.54) is 266 Å². The monoisotopic (exact) mass is 679 g/mol. The third kappa shape index (κ3) is 38.7. The minimum Gasteiger partial charge on any atom is -0.328 e. The van der Waals surface area contributed by atoms with Gasteiger partial charge >= 0.3 is 0 Å². The van der Waals surface area contributed by atoms with Crippen LogP contribution < -0.4 is 0 Å². The quantitative estimate of drug-likeness (QED) is 0.0446. The van der Waals surface area contributed by atoms with Crippen molar-refractivity contribution in [2.24, 2.45) is 0 Å². The summed E-state index contributed by atoms with van der Waals surface area (Å²) in [5.74, 6) is 0. The van der Waals surface area contributed by atoms with Gasteiger partial charge in [0.05, 0.1) is 54.4 Å². The summed E-state index contributed by atoms with van der Waals surface area (Å²) in [6.45, 7) is 10.1. The van der Waals surface area contributed by atoms with E-state index in [-0.39, 0.29) is 0 Å². The van der Waals surface area contributed by atoms with Crippen LogP contribution in [0.15, 0.2) is 0 Å². The fourth-order valence-corrected chi connectivity index (χ4v) is 7.83. The Kier molecular flexibility index (Phi) is 36.6. The Bertz CT molecular complexity index is 545. The number of rotatable bonds is 41. The first-order valence-electron chi connectivity index (χ1n) is 23.0. The molecule has 0 aromatic heterocycles. The first-order chi connectivity index (χ1) is 23.3. The molecule has 0 unspecified atom stereocenters. The molecule has 0 saturated heterocycles. The molecule has 0 aromatic rings. The maximum Gasteiger partial charge on any atom is 0.0782 e. The highest BCUT2D eigenvalue weighted by Crippen LogP contribution is 2.17. The molecule has 0 spiro atoms. The average molecular weight is 679 g/mol. The molecule has 48 heavy (non-hydrogen) atoms. The van der Waals surface area contributed by atoms with Gasteiger partial charge in [-0.25, -0.2) is 0 Å². The fraction of sp³-hybridized carbons (Fsp3) is 1.00. The minimum absolute atomic E-state index is 1.24. The largest absolute Gasteiger partial charge is 0.328 e. The lowest BCUT2D eigenvalue weighted by atomic mass is 10.0. The first-order valence-corrected chi connectivity index (χ1v) is 23.0. The van der Waals surface area contributed by atoms with Crippen LogP contribution in [0.4, 0.5) is 0 Å². The van der Waals surface area contributed by atoms with Gasteiger partial charge < -0.3 is 8.97 Å². The predicted octanol–water partition coefficient (Wildman–Crippen LogP) is 15.2. The summed E-state index contributed by atoms with van der Waals surface area (Å²) < 4.78 is 2.47. The van der Waals surface area contributed by atoms with Crippen molar-refractivity contribution in [3.05, 3.63) is 0 Å². The molecule has 290 valence electrons. The number of unbranched alkanes of at least 4 members (excludes halogenated alkanes) is 33. The molecule has 0 amide bonds. The molecule has 0 N–H and O–H groups in total. The van der Waals surface area contributed by atoms with Gasteiger partial charge in [0.2, 0.25) is 0 Å². The molecule has 0 saturated carbocycles. The highest BCUT2D eigenvalue weighted by atomic mass is 15.3. The molecular weight excluding hydrogens is 581 g/mol. The topological polar surface area (TPSA) is 0 Å². The van der Waals surface area contributed by atoms with Crippen molar-refractivity contribution in [2.75, 3.05) is 54.4 Å². The van der Waals surface area contributed by atoms with Crippen LogP contribution in [0.2, 0.25) is 0 Å². The maximum atomic E-state index is 2.48. The van der Waals surface area contributed by atoms with E-state index < -0.39 is 0 Å². The Balaban J connectivity index is 3.45. The summed E-state index contributed by atoms with van der Waals surface area (Å²) in [6, 6.07) is 0. The summed E-state index contributed by atoms with van der Waals surface area (Å²) in [5, 5.41) is 0. The van der Waals surface area contributed by atoms with Crippen molar-refractivity contribution >= 4 is 0 Å². The normalized spacial score (nSPS) is 12.4. The van der Waals surface area contributed by atoms with Gasteiger partial charge in [0, 0.05) is 0 Å². The average Bonchev–Trinajstić information content (AvgIpc) is 3.06. The van der Waals surface area contributed by atoms with Gasteiger partial charge in [-0.3, -0.25) is 0 Å². The standard InChI is InChI=1S/C46H98N2/c1-7-9-11-13-15-17-19-21-23-25-27-29-31-33-35-39-43-47(3,4)45-41-37-38-42-46-48(5,6)44-40-36-34-32-30-28-26-24-22-20-18-16-14-12-10-8-2/h7-46H2,1-6H3/q+2. The molecule has 0 aliphatic carbocycles. The zero-order valence-corrected chi connectivity index (χ0v) is 35.2. The van der Waals surface area contributed by atoms with E-state index in [2.05, 4.69) is 42.0 Å². The summed E-state index contributed by atoms with van der Waals surface area (Å²) in [5.41, 5.74) is 0. The van der Waals surface area contributed by atoms with Crippen molar-refractivity contribution in [2.45, 2.75) is 245 Å². The van der Waals surface area contributed by atoms with E-state index in [1.807, 2.05) is 0 Å². The van der Waals surface area contributed by atoms with Crippen molar-refractivity contribution < 1.29 is 8.97 Å². The third-order valence-corrected chi connectivity index (χ3v) is 11.5. The lowest BCUT2D eigenvalue weighted by Gasteiger charge is -2.31. The molecule has 0 rings (SSSR count). The Morgan fingerprint density at radius 1 is 0.188 bits per heavy atom. The molecule has 0 bridgehead atoms. The van der Waals surface area contributed by atoms with Gasteiger partial charge in [0.15, 0.2) is 0 Å². The van der Waals surface area contributed by atoms with E-state index >= 15 is 0 Å². The molecule has 2 nitrogen and oxygen atoms in total. The van der Waals surface area contributed by atoms with Gasteiger partial charge in [0.1, 0.15) is 0 Å². The van der Waals surface area contributed by atoms with E-state index in [4.69, 9.17) is 0 Å². The summed E-state index contributed by atoms with van der Waals surface area (Å²) in [4.78, 5) is 0. The van der Waals surface area contributed by atoms with Gasteiger partial charge in [-0.2, -0.15) is 0 Å². The molecule has 2 heteroatoms. The fourth-order valence-electron chi connectivity index (χ4n) is 7.83. The Morgan fingerprint density at radius 2 is 0.312 bits per heavy atom. The molecule has 0 aliphatic rings. The van der Waals surface area contributed by atoms with E-state index in [9.17, 15) is 0 Å². The molecule has 0 heterocycles. The second kappa shape index (κ2) is 36.7. The molecular formula is C46H98N2+2. The van der Waals surface area contributed by atoms with Crippen molar-refractivity contribution in [3.8, 4) is 0 Å².